The lowest BCUT2D eigenvalue weighted by Gasteiger charge is -2.09. The number of ketones is 1. The first kappa shape index (κ1) is 24.2. The number of amides is 1. The maximum absolute atomic E-state index is 12.5. The fourth-order valence-electron chi connectivity index (χ4n) is 3.75. The van der Waals surface area contributed by atoms with Gasteiger partial charge >= 0.3 is 5.97 Å². The number of aromatic carboxylic acids is 1. The zero-order chi connectivity index (χ0) is 24.6. The molecule has 4 aromatic rings. The molecule has 0 unspecified atom stereocenters. The van der Waals surface area contributed by atoms with Crippen molar-refractivity contribution in [1.82, 2.24) is 4.57 Å². The van der Waals surface area contributed by atoms with Gasteiger partial charge in [-0.1, -0.05) is 18.2 Å². The van der Waals surface area contributed by atoms with Gasteiger partial charge in [0, 0.05) is 37.7 Å². The SMILES string of the molecule is Cn1c(-c2cccc(CC(=O)C(=O)Nc3ccc(I)cc3)c2)c(I)c2cc(C(=O)O)c(O)cc21. The number of aromatic hydroxyl groups is 1. The Bertz CT molecular complexity index is 1460. The van der Waals surface area contributed by atoms with Crippen LogP contribution in [0.5, 0.6) is 5.75 Å². The number of benzene rings is 3. The van der Waals surface area contributed by atoms with Gasteiger partial charge in [-0.3, -0.25) is 9.59 Å². The Hall–Kier alpha value is -2.93. The molecular formula is C25H18I2N2O5. The fraction of sp³-hybridized carbons (Fsp3) is 0.0800. The smallest absolute Gasteiger partial charge is 0.339 e. The molecule has 0 atom stereocenters. The molecule has 1 amide bonds. The van der Waals surface area contributed by atoms with Crippen LogP contribution < -0.4 is 5.32 Å². The number of aryl methyl sites for hydroxylation is 1. The summed E-state index contributed by atoms with van der Waals surface area (Å²) in [5, 5.41) is 22.8. The third-order valence-corrected chi connectivity index (χ3v) is 7.22. The molecule has 4 rings (SSSR count). The minimum Gasteiger partial charge on any atom is -0.507 e. The average Bonchev–Trinajstić information content (AvgIpc) is 3.03. The van der Waals surface area contributed by atoms with Crippen molar-refractivity contribution in [2.24, 2.45) is 7.05 Å². The molecule has 0 aliphatic carbocycles. The number of carbonyl (C=O) groups is 3. The molecule has 0 radical (unpaired) electrons. The van der Waals surface area contributed by atoms with Gasteiger partial charge in [0.1, 0.15) is 11.3 Å². The van der Waals surface area contributed by atoms with Crippen LogP contribution >= 0.6 is 45.2 Å². The number of rotatable bonds is 6. The summed E-state index contributed by atoms with van der Waals surface area (Å²) in [5.41, 5.74) is 3.37. The van der Waals surface area contributed by atoms with Crippen LogP contribution in [-0.4, -0.2) is 32.4 Å². The maximum atomic E-state index is 12.5. The van der Waals surface area contributed by atoms with Crippen molar-refractivity contribution >= 4 is 79.4 Å². The van der Waals surface area contributed by atoms with E-state index in [-0.39, 0.29) is 17.7 Å². The van der Waals surface area contributed by atoms with Gasteiger partial charge in [0.25, 0.3) is 5.91 Å². The van der Waals surface area contributed by atoms with E-state index in [2.05, 4.69) is 50.5 Å². The Balaban J connectivity index is 1.62. The summed E-state index contributed by atoms with van der Waals surface area (Å²) in [6, 6.07) is 17.4. The van der Waals surface area contributed by atoms with Crippen LogP contribution in [0, 0.1) is 7.14 Å². The van der Waals surface area contributed by atoms with Crippen LogP contribution in [0.15, 0.2) is 60.7 Å². The first-order chi connectivity index (χ1) is 16.2. The monoisotopic (exact) mass is 680 g/mol. The third kappa shape index (κ3) is 4.80. The number of halogens is 2. The van der Waals surface area contributed by atoms with Crippen LogP contribution in [0.3, 0.4) is 0 Å². The van der Waals surface area contributed by atoms with Crippen LogP contribution in [0.1, 0.15) is 15.9 Å². The molecule has 3 N–H and O–H groups in total. The second-order valence-corrected chi connectivity index (χ2v) is 10.00. The average molecular weight is 680 g/mol. The van der Waals surface area contributed by atoms with Crippen molar-refractivity contribution in [3.8, 4) is 17.0 Å². The highest BCUT2D eigenvalue weighted by atomic mass is 127. The van der Waals surface area contributed by atoms with Crippen LogP contribution in [0.2, 0.25) is 0 Å². The summed E-state index contributed by atoms with van der Waals surface area (Å²) in [4.78, 5) is 36.3. The Morgan fingerprint density at radius 1 is 1.00 bits per heavy atom. The second-order valence-electron chi connectivity index (χ2n) is 7.67. The van der Waals surface area contributed by atoms with Crippen molar-refractivity contribution in [2.75, 3.05) is 5.32 Å². The predicted octanol–water partition coefficient (Wildman–Crippen LogP) is 5.21. The number of aromatic nitrogens is 1. The first-order valence-electron chi connectivity index (χ1n) is 10.1. The number of fused-ring (bicyclic) bond motifs is 1. The summed E-state index contributed by atoms with van der Waals surface area (Å²) in [5.74, 6) is -2.74. The Labute approximate surface area is 222 Å². The number of hydrogen-bond acceptors (Lipinski definition) is 4. The molecule has 0 saturated carbocycles. The maximum Gasteiger partial charge on any atom is 0.339 e. The molecule has 172 valence electrons. The number of carboxylic acid groups (broad SMARTS) is 1. The molecule has 0 aliphatic heterocycles. The topological polar surface area (TPSA) is 109 Å². The first-order valence-corrected chi connectivity index (χ1v) is 12.2. The molecule has 0 fully saturated rings. The molecule has 0 bridgehead atoms. The van der Waals surface area contributed by atoms with E-state index in [4.69, 9.17) is 0 Å². The van der Waals surface area contributed by atoms with Crippen molar-refractivity contribution in [2.45, 2.75) is 6.42 Å². The molecule has 1 aromatic heterocycles. The van der Waals surface area contributed by atoms with Crippen LogP contribution in [0.4, 0.5) is 5.69 Å². The van der Waals surface area contributed by atoms with Gasteiger partial charge in [0.05, 0.1) is 11.2 Å². The van der Waals surface area contributed by atoms with Gasteiger partial charge in [-0.25, -0.2) is 4.79 Å². The molecule has 34 heavy (non-hydrogen) atoms. The lowest BCUT2D eigenvalue weighted by atomic mass is 10.0. The molecule has 1 heterocycles. The zero-order valence-corrected chi connectivity index (χ0v) is 22.1. The van der Waals surface area contributed by atoms with Crippen molar-refractivity contribution in [3.63, 3.8) is 0 Å². The summed E-state index contributed by atoms with van der Waals surface area (Å²) in [7, 11) is 1.83. The van der Waals surface area contributed by atoms with E-state index in [9.17, 15) is 24.6 Å². The highest BCUT2D eigenvalue weighted by Gasteiger charge is 2.20. The Morgan fingerprint density at radius 2 is 1.71 bits per heavy atom. The summed E-state index contributed by atoms with van der Waals surface area (Å²) >= 11 is 4.31. The van der Waals surface area contributed by atoms with E-state index in [0.717, 1.165) is 18.4 Å². The zero-order valence-electron chi connectivity index (χ0n) is 17.8. The standard InChI is InChI=1S/C25H18I2N2O5/c1-29-19-12-20(30)18(25(33)34)11-17(19)22(27)23(29)14-4-2-3-13(9-14)10-21(31)24(32)28-16-7-5-15(26)6-8-16/h2-9,11-12,30H,10H2,1H3,(H,28,32)(H,33,34). The van der Waals surface area contributed by atoms with Gasteiger partial charge in [-0.05, 0) is 92.7 Å². The number of carboxylic acids is 1. The number of nitrogens with zero attached hydrogens (tertiary/aromatic N) is 1. The molecule has 0 aliphatic rings. The quantitative estimate of drug-likeness (QED) is 0.192. The number of hydrogen-bond donors (Lipinski definition) is 3. The van der Waals surface area contributed by atoms with E-state index in [1.807, 2.05) is 41.9 Å². The minimum atomic E-state index is -1.20. The largest absolute Gasteiger partial charge is 0.507 e. The van der Waals surface area contributed by atoms with E-state index < -0.39 is 17.7 Å². The minimum absolute atomic E-state index is 0.0610. The summed E-state index contributed by atoms with van der Waals surface area (Å²) in [6.45, 7) is 0. The van der Waals surface area contributed by atoms with E-state index >= 15 is 0 Å². The van der Waals surface area contributed by atoms with Gasteiger partial charge in [0.15, 0.2) is 0 Å². The summed E-state index contributed by atoms with van der Waals surface area (Å²) < 4.78 is 3.71. The molecule has 7 nitrogen and oxygen atoms in total. The number of carbonyl (C=O) groups excluding carboxylic acids is 2. The number of phenols is 1. The van der Waals surface area contributed by atoms with E-state index in [0.29, 0.717) is 22.2 Å². The highest BCUT2D eigenvalue weighted by Crippen LogP contribution is 2.37. The van der Waals surface area contributed by atoms with Gasteiger partial charge in [-0.2, -0.15) is 0 Å². The second kappa shape index (κ2) is 9.74. The number of anilines is 1. The highest BCUT2D eigenvalue weighted by molar-refractivity contribution is 14.1. The number of nitrogens with one attached hydrogen (secondary N) is 1. The lowest BCUT2D eigenvalue weighted by Crippen LogP contribution is -2.24. The molecule has 3 aromatic carbocycles. The van der Waals surface area contributed by atoms with Crippen molar-refractivity contribution < 1.29 is 24.6 Å². The predicted molar refractivity (Wildman–Crippen MR) is 146 cm³/mol. The van der Waals surface area contributed by atoms with Gasteiger partial charge in [-0.15, -0.1) is 0 Å². The van der Waals surface area contributed by atoms with Gasteiger partial charge in [0.2, 0.25) is 5.78 Å². The van der Waals surface area contributed by atoms with E-state index in [1.54, 1.807) is 18.2 Å². The van der Waals surface area contributed by atoms with Crippen LogP contribution in [0.25, 0.3) is 22.2 Å². The third-order valence-electron chi connectivity index (χ3n) is 5.41. The molecular weight excluding hydrogens is 662 g/mol. The van der Waals surface area contributed by atoms with E-state index in [1.165, 1.54) is 12.1 Å². The normalized spacial score (nSPS) is 10.9. The van der Waals surface area contributed by atoms with Gasteiger partial charge < -0.3 is 20.1 Å². The van der Waals surface area contributed by atoms with Crippen LogP contribution in [-0.2, 0) is 23.1 Å². The summed E-state index contributed by atoms with van der Waals surface area (Å²) in [6.07, 6.45) is -0.0610. The Kier molecular flexibility index (Phi) is 6.94. The Morgan fingerprint density at radius 3 is 2.38 bits per heavy atom. The molecule has 0 spiro atoms. The fourth-order valence-corrected chi connectivity index (χ4v) is 5.21. The molecule has 0 saturated heterocycles. The molecule has 9 heteroatoms. The number of Topliss-reactive ketones (excluding diaryl/α,β-unsaturated/α-hetero) is 1. The van der Waals surface area contributed by atoms with Crippen molar-refractivity contribution in [3.05, 3.63) is 78.9 Å². The van der Waals surface area contributed by atoms with Crippen molar-refractivity contribution in [1.29, 1.82) is 0 Å². The lowest BCUT2D eigenvalue weighted by molar-refractivity contribution is -0.134.